The van der Waals surface area contributed by atoms with Crippen molar-refractivity contribution in [3.05, 3.63) is 72.2 Å². The Morgan fingerprint density at radius 3 is 2.81 bits per heavy atom. The summed E-state index contributed by atoms with van der Waals surface area (Å²) in [5, 5.41) is 7.92. The van der Waals surface area contributed by atoms with Crippen molar-refractivity contribution < 1.29 is 19.1 Å². The van der Waals surface area contributed by atoms with Gasteiger partial charge in [0.25, 0.3) is 5.91 Å². The maximum Gasteiger partial charge on any atom is 0.259 e. The van der Waals surface area contributed by atoms with Crippen LogP contribution in [0.15, 0.2) is 60.9 Å². The minimum atomic E-state index is -0.562. The molecule has 2 fully saturated rings. The topological polar surface area (TPSA) is 104 Å². The quantitative estimate of drug-likeness (QED) is 0.578. The number of amides is 3. The molecular formula is C27H25N5O4. The van der Waals surface area contributed by atoms with Crippen LogP contribution in [-0.4, -0.2) is 53.4 Å². The highest BCUT2D eigenvalue weighted by Gasteiger charge is 2.40. The Balaban J connectivity index is 1.27. The van der Waals surface area contributed by atoms with Crippen LogP contribution in [0.4, 0.5) is 17.1 Å². The van der Waals surface area contributed by atoms with Crippen LogP contribution in [0.1, 0.15) is 28.9 Å². The number of carbonyl (C=O) groups excluding carboxylic acids is 3. The molecule has 3 aliphatic rings. The number of allylic oxidation sites excluding steroid dienone is 1. The molecule has 182 valence electrons. The largest absolute Gasteiger partial charge is 0.370 e. The molecule has 2 N–H and O–H groups in total. The second-order valence-corrected chi connectivity index (χ2v) is 9.21. The van der Waals surface area contributed by atoms with Crippen LogP contribution in [0.2, 0.25) is 0 Å². The molecule has 9 heteroatoms. The Hall–Kier alpha value is -4.24. The Kier molecular flexibility index (Phi) is 5.41. The summed E-state index contributed by atoms with van der Waals surface area (Å²) < 4.78 is 5.18. The lowest BCUT2D eigenvalue weighted by molar-refractivity contribution is -0.143. The van der Waals surface area contributed by atoms with Gasteiger partial charge in [0.2, 0.25) is 11.8 Å². The van der Waals surface area contributed by atoms with Gasteiger partial charge in [0, 0.05) is 34.3 Å². The number of rotatable bonds is 5. The van der Waals surface area contributed by atoms with E-state index in [2.05, 4.69) is 22.2 Å². The SMILES string of the molecule is C=C1CCC(N2C(=O)c3cccc4c(Nc5ccc(CN6CCOCC6=O)nc5)ccc2c34)C(=O)N1. The Morgan fingerprint density at radius 2 is 2.03 bits per heavy atom. The van der Waals surface area contributed by atoms with E-state index < -0.39 is 6.04 Å². The number of hydrogen-bond donors (Lipinski definition) is 2. The summed E-state index contributed by atoms with van der Waals surface area (Å²) in [5.74, 6) is -0.394. The summed E-state index contributed by atoms with van der Waals surface area (Å²) in [5.41, 5.74) is 4.44. The van der Waals surface area contributed by atoms with E-state index in [0.717, 1.165) is 33.5 Å². The third-order valence-electron chi connectivity index (χ3n) is 6.90. The number of carbonyl (C=O) groups is 3. The van der Waals surface area contributed by atoms with Crippen molar-refractivity contribution in [3.63, 3.8) is 0 Å². The highest BCUT2D eigenvalue weighted by Crippen LogP contribution is 2.43. The molecular weight excluding hydrogens is 458 g/mol. The van der Waals surface area contributed by atoms with Gasteiger partial charge in [-0.05, 0) is 43.2 Å². The molecule has 0 spiro atoms. The van der Waals surface area contributed by atoms with Gasteiger partial charge in [-0.1, -0.05) is 18.7 Å². The Labute approximate surface area is 207 Å². The van der Waals surface area contributed by atoms with E-state index in [1.165, 1.54) is 0 Å². The molecule has 6 rings (SSSR count). The third kappa shape index (κ3) is 3.77. The van der Waals surface area contributed by atoms with Gasteiger partial charge in [0.05, 0.1) is 36.4 Å². The lowest BCUT2D eigenvalue weighted by atomic mass is 10.0. The van der Waals surface area contributed by atoms with Crippen molar-refractivity contribution in [2.75, 3.05) is 30.0 Å². The molecule has 3 amide bonds. The fourth-order valence-electron chi connectivity index (χ4n) is 5.09. The monoisotopic (exact) mass is 483 g/mol. The first kappa shape index (κ1) is 22.2. The molecule has 0 radical (unpaired) electrons. The number of benzene rings is 2. The van der Waals surface area contributed by atoms with E-state index in [1.54, 1.807) is 22.1 Å². The molecule has 4 heterocycles. The van der Waals surface area contributed by atoms with Crippen molar-refractivity contribution in [2.45, 2.75) is 25.4 Å². The molecule has 2 saturated heterocycles. The zero-order valence-electron chi connectivity index (χ0n) is 19.6. The normalized spacial score (nSPS) is 19.7. The van der Waals surface area contributed by atoms with Gasteiger partial charge in [-0.3, -0.25) is 24.3 Å². The van der Waals surface area contributed by atoms with Crippen LogP contribution in [0.3, 0.4) is 0 Å². The zero-order chi connectivity index (χ0) is 24.8. The van der Waals surface area contributed by atoms with Crippen LogP contribution in [-0.2, 0) is 20.9 Å². The third-order valence-corrected chi connectivity index (χ3v) is 6.90. The van der Waals surface area contributed by atoms with Crippen LogP contribution < -0.4 is 15.5 Å². The first-order valence-corrected chi connectivity index (χ1v) is 11.9. The Bertz CT molecular complexity index is 1420. The van der Waals surface area contributed by atoms with Gasteiger partial charge in [0.15, 0.2) is 0 Å². The van der Waals surface area contributed by atoms with Gasteiger partial charge in [-0.15, -0.1) is 0 Å². The first-order chi connectivity index (χ1) is 17.5. The van der Waals surface area contributed by atoms with Crippen molar-refractivity contribution in [1.82, 2.24) is 15.2 Å². The number of aromatic nitrogens is 1. The molecule has 3 aromatic rings. The lowest BCUT2D eigenvalue weighted by Crippen LogP contribution is -2.51. The summed E-state index contributed by atoms with van der Waals surface area (Å²) in [6.07, 6.45) is 2.92. The molecule has 1 aromatic heterocycles. The van der Waals surface area contributed by atoms with Crippen molar-refractivity contribution >= 4 is 45.6 Å². The van der Waals surface area contributed by atoms with Crippen LogP contribution >= 0.6 is 0 Å². The predicted molar refractivity (Wildman–Crippen MR) is 135 cm³/mol. The standard InChI is InChI=1S/C27H25N5O4/c1-16-5-9-23(26(34)29-16)32-22-10-8-21(19-3-2-4-20(25(19)22)27(32)35)30-17-6-7-18(28-13-17)14-31-11-12-36-15-24(31)33/h2-4,6-8,10,13,23,30H,1,5,9,11-12,14-15H2,(H,29,34). The summed E-state index contributed by atoms with van der Waals surface area (Å²) in [4.78, 5) is 45.9. The molecule has 0 saturated carbocycles. The molecule has 0 aliphatic carbocycles. The maximum atomic E-state index is 13.4. The summed E-state index contributed by atoms with van der Waals surface area (Å²) in [7, 11) is 0. The van der Waals surface area contributed by atoms with Crippen LogP contribution in [0.5, 0.6) is 0 Å². The average Bonchev–Trinajstić information content (AvgIpc) is 3.16. The molecule has 1 unspecified atom stereocenters. The number of nitrogens with zero attached hydrogens (tertiary/aromatic N) is 3. The Morgan fingerprint density at radius 1 is 1.14 bits per heavy atom. The van der Waals surface area contributed by atoms with E-state index in [1.807, 2.05) is 36.4 Å². The number of hydrogen-bond acceptors (Lipinski definition) is 6. The summed E-state index contributed by atoms with van der Waals surface area (Å²) in [6, 6.07) is 12.7. The number of pyridine rings is 1. The fourth-order valence-corrected chi connectivity index (χ4v) is 5.09. The molecule has 0 bridgehead atoms. The lowest BCUT2D eigenvalue weighted by Gasteiger charge is -2.31. The minimum Gasteiger partial charge on any atom is -0.370 e. The van der Waals surface area contributed by atoms with E-state index in [-0.39, 0.29) is 24.3 Å². The smallest absolute Gasteiger partial charge is 0.259 e. The minimum absolute atomic E-state index is 0.0302. The second-order valence-electron chi connectivity index (χ2n) is 9.21. The van der Waals surface area contributed by atoms with E-state index >= 15 is 0 Å². The number of ether oxygens (including phenoxy) is 1. The number of piperidine rings is 1. The van der Waals surface area contributed by atoms with Crippen LogP contribution in [0, 0.1) is 0 Å². The molecule has 9 nitrogen and oxygen atoms in total. The highest BCUT2D eigenvalue weighted by atomic mass is 16.5. The molecule has 1 atom stereocenters. The van der Waals surface area contributed by atoms with Crippen molar-refractivity contribution in [2.24, 2.45) is 0 Å². The van der Waals surface area contributed by atoms with Gasteiger partial charge >= 0.3 is 0 Å². The first-order valence-electron chi connectivity index (χ1n) is 11.9. The van der Waals surface area contributed by atoms with Gasteiger partial charge < -0.3 is 20.3 Å². The van der Waals surface area contributed by atoms with Gasteiger partial charge in [0.1, 0.15) is 12.6 Å². The molecule has 36 heavy (non-hydrogen) atoms. The predicted octanol–water partition coefficient (Wildman–Crippen LogP) is 3.09. The van der Waals surface area contributed by atoms with Crippen molar-refractivity contribution in [3.8, 4) is 0 Å². The number of morpholine rings is 1. The molecule has 3 aliphatic heterocycles. The van der Waals surface area contributed by atoms with Crippen LogP contribution in [0.25, 0.3) is 10.8 Å². The van der Waals surface area contributed by atoms with Crippen molar-refractivity contribution in [1.29, 1.82) is 0 Å². The summed E-state index contributed by atoms with van der Waals surface area (Å²) >= 11 is 0. The van der Waals surface area contributed by atoms with E-state index in [0.29, 0.717) is 43.8 Å². The zero-order valence-corrected chi connectivity index (χ0v) is 19.6. The average molecular weight is 484 g/mol. The maximum absolute atomic E-state index is 13.4. The fraction of sp³-hybridized carbons (Fsp3) is 0.259. The number of nitrogens with one attached hydrogen (secondary N) is 2. The van der Waals surface area contributed by atoms with Gasteiger partial charge in [-0.2, -0.15) is 0 Å². The van der Waals surface area contributed by atoms with Gasteiger partial charge in [-0.25, -0.2) is 0 Å². The van der Waals surface area contributed by atoms with E-state index in [4.69, 9.17) is 4.74 Å². The number of anilines is 3. The molecule has 2 aromatic carbocycles. The summed E-state index contributed by atoms with van der Waals surface area (Å²) in [6.45, 7) is 5.51. The van der Waals surface area contributed by atoms with E-state index in [9.17, 15) is 14.4 Å². The highest BCUT2D eigenvalue weighted by molar-refractivity contribution is 6.28. The second kappa shape index (κ2) is 8.76.